The highest BCUT2D eigenvalue weighted by molar-refractivity contribution is 5.82. The highest BCUT2D eigenvalue weighted by atomic mass is 16.1. The Labute approximate surface area is 78.0 Å². The number of rotatable bonds is 2. The van der Waals surface area contributed by atoms with Gasteiger partial charge in [-0.05, 0) is 43.4 Å². The summed E-state index contributed by atoms with van der Waals surface area (Å²) in [6.07, 6.45) is 4.70. The second kappa shape index (κ2) is 2.95. The maximum atomic E-state index is 11.1. The molecule has 0 N–H and O–H groups in total. The molecule has 0 spiro atoms. The first-order chi connectivity index (χ1) is 6.20. The van der Waals surface area contributed by atoms with E-state index in [4.69, 9.17) is 0 Å². The lowest BCUT2D eigenvalue weighted by Gasteiger charge is -2.01. The van der Waals surface area contributed by atoms with Crippen molar-refractivity contribution in [2.24, 2.45) is 5.92 Å². The summed E-state index contributed by atoms with van der Waals surface area (Å²) in [5, 5.41) is 0. The molecule has 2 unspecified atom stereocenters. The van der Waals surface area contributed by atoms with Crippen LogP contribution in [0.5, 0.6) is 0 Å². The van der Waals surface area contributed by atoms with Gasteiger partial charge < -0.3 is 0 Å². The van der Waals surface area contributed by atoms with E-state index >= 15 is 0 Å². The van der Waals surface area contributed by atoms with Crippen molar-refractivity contribution in [3.63, 3.8) is 0 Å². The van der Waals surface area contributed by atoms with Crippen molar-refractivity contribution in [1.82, 2.24) is 4.98 Å². The third-order valence-electron chi connectivity index (χ3n) is 2.78. The zero-order valence-electron chi connectivity index (χ0n) is 7.95. The van der Waals surface area contributed by atoms with Gasteiger partial charge in [0.15, 0.2) is 0 Å². The second-order valence-electron chi connectivity index (χ2n) is 3.79. The monoisotopic (exact) mass is 175 g/mol. The van der Waals surface area contributed by atoms with Gasteiger partial charge in [0, 0.05) is 18.3 Å². The Bertz CT molecular complexity index is 346. The molecule has 2 rings (SSSR count). The molecular weight excluding hydrogens is 162 g/mol. The maximum absolute atomic E-state index is 11.1. The van der Waals surface area contributed by atoms with Crippen molar-refractivity contribution < 1.29 is 4.79 Å². The van der Waals surface area contributed by atoms with Gasteiger partial charge in [-0.1, -0.05) is 0 Å². The number of ketones is 1. The van der Waals surface area contributed by atoms with Crippen LogP contribution in [0.4, 0.5) is 0 Å². The molecule has 1 aliphatic carbocycles. The predicted octanol–water partition coefficient (Wildman–Crippen LogP) is 2.08. The van der Waals surface area contributed by atoms with Gasteiger partial charge in [-0.15, -0.1) is 0 Å². The van der Waals surface area contributed by atoms with Crippen LogP contribution in [0.1, 0.15) is 30.4 Å². The second-order valence-corrected chi connectivity index (χ2v) is 3.79. The number of hydrogen-bond acceptors (Lipinski definition) is 2. The van der Waals surface area contributed by atoms with Crippen molar-refractivity contribution in [1.29, 1.82) is 0 Å². The van der Waals surface area contributed by atoms with E-state index in [1.807, 2.05) is 12.3 Å². The van der Waals surface area contributed by atoms with Crippen LogP contribution in [0.25, 0.3) is 0 Å². The third-order valence-corrected chi connectivity index (χ3v) is 2.78. The number of nitrogens with zero attached hydrogens (tertiary/aromatic N) is 1. The molecule has 1 fully saturated rings. The smallest absolute Gasteiger partial charge is 0.133 e. The van der Waals surface area contributed by atoms with Gasteiger partial charge in [0.25, 0.3) is 0 Å². The Morgan fingerprint density at radius 1 is 1.62 bits per heavy atom. The lowest BCUT2D eigenvalue weighted by Crippen LogP contribution is -1.96. The summed E-state index contributed by atoms with van der Waals surface area (Å²) in [4.78, 5) is 15.1. The molecule has 0 bridgehead atoms. The van der Waals surface area contributed by atoms with E-state index in [1.54, 1.807) is 13.1 Å². The van der Waals surface area contributed by atoms with Crippen LogP contribution in [0.15, 0.2) is 18.5 Å². The summed E-state index contributed by atoms with van der Waals surface area (Å²) >= 11 is 0. The van der Waals surface area contributed by atoms with Crippen LogP contribution in [-0.4, -0.2) is 10.8 Å². The van der Waals surface area contributed by atoms with Gasteiger partial charge in [-0.3, -0.25) is 9.78 Å². The van der Waals surface area contributed by atoms with E-state index < -0.39 is 0 Å². The van der Waals surface area contributed by atoms with Crippen molar-refractivity contribution in [3.8, 4) is 0 Å². The predicted molar refractivity (Wildman–Crippen MR) is 50.5 cm³/mol. The van der Waals surface area contributed by atoms with Crippen molar-refractivity contribution in [2.75, 3.05) is 0 Å². The van der Waals surface area contributed by atoms with Gasteiger partial charge in [0.05, 0.1) is 0 Å². The Morgan fingerprint density at radius 2 is 2.38 bits per heavy atom. The minimum Gasteiger partial charge on any atom is -0.300 e. The van der Waals surface area contributed by atoms with E-state index in [-0.39, 0.29) is 5.92 Å². The molecule has 0 radical (unpaired) electrons. The molecule has 1 aromatic rings. The standard InChI is InChI=1S/C11H13NO/c1-7-6-12-4-3-9(7)11-5-10(11)8(2)13/h3-4,6,10-11H,5H2,1-2H3. The maximum Gasteiger partial charge on any atom is 0.133 e. The molecule has 0 aromatic carbocycles. The normalized spacial score (nSPS) is 25.7. The van der Waals surface area contributed by atoms with Crippen LogP contribution < -0.4 is 0 Å². The number of pyridine rings is 1. The molecule has 68 valence electrons. The number of carbonyl (C=O) groups is 1. The zero-order valence-corrected chi connectivity index (χ0v) is 7.95. The fourth-order valence-corrected chi connectivity index (χ4v) is 1.89. The zero-order chi connectivity index (χ0) is 9.42. The fourth-order valence-electron chi connectivity index (χ4n) is 1.89. The van der Waals surface area contributed by atoms with Crippen LogP contribution in [0.2, 0.25) is 0 Å². The van der Waals surface area contributed by atoms with Crippen LogP contribution in [0.3, 0.4) is 0 Å². The first kappa shape index (κ1) is 8.42. The number of hydrogen-bond donors (Lipinski definition) is 0. The van der Waals surface area contributed by atoms with E-state index in [0.29, 0.717) is 11.7 Å². The molecule has 0 aliphatic heterocycles. The SMILES string of the molecule is CC(=O)C1CC1c1ccncc1C. The van der Waals surface area contributed by atoms with Crippen LogP contribution in [-0.2, 0) is 4.79 Å². The van der Waals surface area contributed by atoms with Crippen molar-refractivity contribution >= 4 is 5.78 Å². The van der Waals surface area contributed by atoms with Gasteiger partial charge in [-0.2, -0.15) is 0 Å². The Kier molecular flexibility index (Phi) is 1.91. The van der Waals surface area contributed by atoms with E-state index in [9.17, 15) is 4.79 Å². The minimum absolute atomic E-state index is 0.279. The number of aromatic nitrogens is 1. The van der Waals surface area contributed by atoms with Gasteiger partial charge >= 0.3 is 0 Å². The molecule has 2 nitrogen and oxygen atoms in total. The summed E-state index contributed by atoms with van der Waals surface area (Å²) in [6.45, 7) is 3.74. The summed E-state index contributed by atoms with van der Waals surface area (Å²) in [6, 6.07) is 2.03. The van der Waals surface area contributed by atoms with E-state index in [0.717, 1.165) is 6.42 Å². The summed E-state index contributed by atoms with van der Waals surface area (Å²) in [5.41, 5.74) is 2.51. The third kappa shape index (κ3) is 1.48. The molecule has 1 aliphatic rings. The van der Waals surface area contributed by atoms with Gasteiger partial charge in [0.1, 0.15) is 5.78 Å². The average molecular weight is 175 g/mol. The number of Topliss-reactive ketones (excluding diaryl/α,β-unsaturated/α-hetero) is 1. The van der Waals surface area contributed by atoms with Crippen molar-refractivity contribution in [2.45, 2.75) is 26.2 Å². The highest BCUT2D eigenvalue weighted by Crippen LogP contribution is 2.48. The molecule has 0 saturated heterocycles. The largest absolute Gasteiger partial charge is 0.300 e. The molecule has 0 amide bonds. The summed E-state index contributed by atoms with van der Waals surface area (Å²) in [7, 11) is 0. The number of carbonyl (C=O) groups excluding carboxylic acids is 1. The average Bonchev–Trinajstić information content (AvgIpc) is 2.84. The molecule has 1 heterocycles. The summed E-state index contributed by atoms with van der Waals surface area (Å²) in [5.74, 6) is 1.07. The molecular formula is C11H13NO. The Morgan fingerprint density at radius 3 is 2.92 bits per heavy atom. The molecule has 2 heteroatoms. The molecule has 13 heavy (non-hydrogen) atoms. The first-order valence-corrected chi connectivity index (χ1v) is 4.61. The number of aryl methyl sites for hydroxylation is 1. The minimum atomic E-state index is 0.279. The van der Waals surface area contributed by atoms with Crippen LogP contribution >= 0.6 is 0 Å². The van der Waals surface area contributed by atoms with Crippen LogP contribution in [0, 0.1) is 12.8 Å². The quantitative estimate of drug-likeness (QED) is 0.688. The lowest BCUT2D eigenvalue weighted by atomic mass is 10.1. The van der Waals surface area contributed by atoms with E-state index in [1.165, 1.54) is 11.1 Å². The van der Waals surface area contributed by atoms with Gasteiger partial charge in [0.2, 0.25) is 0 Å². The topological polar surface area (TPSA) is 30.0 Å². The lowest BCUT2D eigenvalue weighted by molar-refractivity contribution is -0.118. The van der Waals surface area contributed by atoms with Gasteiger partial charge in [-0.25, -0.2) is 0 Å². The molecule has 2 atom stereocenters. The first-order valence-electron chi connectivity index (χ1n) is 4.61. The summed E-state index contributed by atoms with van der Waals surface area (Å²) < 4.78 is 0. The fraction of sp³-hybridized carbons (Fsp3) is 0.455. The molecule has 1 aromatic heterocycles. The van der Waals surface area contributed by atoms with Crippen molar-refractivity contribution in [3.05, 3.63) is 29.6 Å². The highest BCUT2D eigenvalue weighted by Gasteiger charge is 2.42. The Hall–Kier alpha value is -1.18. The molecule has 1 saturated carbocycles. The Balaban J connectivity index is 2.21. The van der Waals surface area contributed by atoms with E-state index in [2.05, 4.69) is 11.9 Å².